The number of aromatic nitrogens is 2. The number of benzene rings is 2. The van der Waals surface area contributed by atoms with E-state index in [-0.39, 0.29) is 5.75 Å². The van der Waals surface area contributed by atoms with Crippen LogP contribution < -0.4 is 11.1 Å². The van der Waals surface area contributed by atoms with Gasteiger partial charge in [-0.15, -0.1) is 0 Å². The average Bonchev–Trinajstić information content (AvgIpc) is 3.32. The molecule has 0 unspecified atom stereocenters. The average molecular weight is 468 g/mol. The van der Waals surface area contributed by atoms with Crippen molar-refractivity contribution in [1.82, 2.24) is 9.61 Å². The number of aliphatic imine (C=N–C) groups is 1. The number of phenolic OH excluding ortho intramolecular Hbond substituents is 1. The monoisotopic (exact) mass is 467 g/mol. The van der Waals surface area contributed by atoms with Gasteiger partial charge in [-0.1, -0.05) is 57.0 Å². The second-order valence-electron chi connectivity index (χ2n) is 9.53. The Labute approximate surface area is 206 Å². The maximum atomic E-state index is 9.88. The maximum absolute atomic E-state index is 9.88. The Bertz CT molecular complexity index is 1360. The van der Waals surface area contributed by atoms with Crippen LogP contribution >= 0.6 is 0 Å². The van der Waals surface area contributed by atoms with Crippen LogP contribution in [0.2, 0.25) is 0 Å². The molecule has 1 saturated carbocycles. The SMILES string of the molecule is CCc1cc(O)ccc1N=C(N)c1cnn2cc(-c3ccccc3)cc2c1N[C@@H]1CCCC[C@@H]1C. The van der Waals surface area contributed by atoms with Crippen molar-refractivity contribution in [3.8, 4) is 16.9 Å². The number of hydrogen-bond donors (Lipinski definition) is 3. The van der Waals surface area contributed by atoms with Crippen LogP contribution in [0.5, 0.6) is 5.75 Å². The third kappa shape index (κ3) is 4.74. The van der Waals surface area contributed by atoms with Gasteiger partial charge in [-0.2, -0.15) is 5.10 Å². The van der Waals surface area contributed by atoms with Crippen LogP contribution in [0.15, 0.2) is 72.0 Å². The van der Waals surface area contributed by atoms with Crippen molar-refractivity contribution in [2.75, 3.05) is 5.32 Å². The second kappa shape index (κ2) is 9.82. The molecule has 1 fully saturated rings. The Morgan fingerprint density at radius 2 is 1.91 bits per heavy atom. The number of anilines is 1. The Morgan fingerprint density at radius 1 is 1.11 bits per heavy atom. The lowest BCUT2D eigenvalue weighted by Gasteiger charge is -2.31. The third-order valence-electron chi connectivity index (χ3n) is 7.15. The molecule has 2 aromatic heterocycles. The van der Waals surface area contributed by atoms with E-state index < -0.39 is 0 Å². The van der Waals surface area contributed by atoms with Gasteiger partial charge >= 0.3 is 0 Å². The largest absolute Gasteiger partial charge is 0.508 e. The Hall–Kier alpha value is -3.80. The normalized spacial score (nSPS) is 18.6. The first-order chi connectivity index (χ1) is 17.0. The molecule has 1 aliphatic rings. The number of hydrogen-bond acceptors (Lipinski definition) is 4. The van der Waals surface area contributed by atoms with Crippen LogP contribution in [0, 0.1) is 5.92 Å². The molecule has 2 aromatic carbocycles. The predicted molar refractivity (Wildman–Crippen MR) is 144 cm³/mol. The summed E-state index contributed by atoms with van der Waals surface area (Å²) in [7, 11) is 0. The van der Waals surface area contributed by atoms with E-state index >= 15 is 0 Å². The zero-order valence-corrected chi connectivity index (χ0v) is 20.4. The van der Waals surface area contributed by atoms with Gasteiger partial charge in [0.15, 0.2) is 0 Å². The van der Waals surface area contributed by atoms with Crippen molar-refractivity contribution in [3.05, 3.63) is 78.1 Å². The smallest absolute Gasteiger partial charge is 0.135 e. The standard InChI is InChI=1S/C29H33N5O/c1-3-20-15-23(35)13-14-26(20)33-29(30)24-17-31-34-18-22(21-10-5-4-6-11-21)16-27(34)28(24)32-25-12-8-7-9-19(25)2/h4-6,10-11,13-19,25,32,35H,3,7-9,12H2,1-2H3,(H2,30,33)/t19-,25+/m0/s1. The van der Waals surface area contributed by atoms with Gasteiger partial charge in [-0.3, -0.25) is 0 Å². The van der Waals surface area contributed by atoms with E-state index in [4.69, 9.17) is 15.8 Å². The summed E-state index contributed by atoms with van der Waals surface area (Å²) in [5.74, 6) is 1.22. The number of phenols is 1. The van der Waals surface area contributed by atoms with Gasteiger partial charge in [-0.05, 0) is 60.6 Å². The van der Waals surface area contributed by atoms with Crippen LogP contribution in [0.4, 0.5) is 11.4 Å². The second-order valence-corrected chi connectivity index (χ2v) is 9.53. The molecule has 1 aliphatic carbocycles. The summed E-state index contributed by atoms with van der Waals surface area (Å²) in [5, 5.41) is 18.4. The first-order valence-electron chi connectivity index (χ1n) is 12.5. The highest BCUT2D eigenvalue weighted by molar-refractivity contribution is 6.06. The molecule has 0 spiro atoms. The van der Waals surface area contributed by atoms with Crippen LogP contribution in [-0.2, 0) is 6.42 Å². The lowest BCUT2D eigenvalue weighted by atomic mass is 9.85. The molecule has 4 N–H and O–H groups in total. The van der Waals surface area contributed by atoms with Gasteiger partial charge in [0.05, 0.1) is 28.7 Å². The van der Waals surface area contributed by atoms with Crippen molar-refractivity contribution in [2.45, 2.75) is 52.0 Å². The van der Waals surface area contributed by atoms with E-state index in [2.05, 4.69) is 36.6 Å². The molecule has 35 heavy (non-hydrogen) atoms. The maximum Gasteiger partial charge on any atom is 0.135 e. The molecule has 2 heterocycles. The van der Waals surface area contributed by atoms with Crippen molar-refractivity contribution >= 4 is 22.7 Å². The third-order valence-corrected chi connectivity index (χ3v) is 7.15. The van der Waals surface area contributed by atoms with Crippen molar-refractivity contribution in [3.63, 3.8) is 0 Å². The number of nitrogens with two attached hydrogens (primary N) is 1. The van der Waals surface area contributed by atoms with Gasteiger partial charge in [0.25, 0.3) is 0 Å². The minimum Gasteiger partial charge on any atom is -0.508 e. The first kappa shape index (κ1) is 23.0. The highest BCUT2D eigenvalue weighted by Gasteiger charge is 2.24. The van der Waals surface area contributed by atoms with Crippen molar-refractivity contribution in [2.24, 2.45) is 16.6 Å². The van der Waals surface area contributed by atoms with E-state index in [0.717, 1.165) is 52.0 Å². The van der Waals surface area contributed by atoms with E-state index in [1.165, 1.54) is 19.3 Å². The summed E-state index contributed by atoms with van der Waals surface area (Å²) in [4.78, 5) is 4.78. The van der Waals surface area contributed by atoms with Gasteiger partial charge in [0.2, 0.25) is 0 Å². The lowest BCUT2D eigenvalue weighted by molar-refractivity contribution is 0.349. The van der Waals surface area contributed by atoms with Crippen LogP contribution in [0.25, 0.3) is 16.6 Å². The minimum absolute atomic E-state index is 0.234. The Kier molecular flexibility index (Phi) is 6.45. The molecular weight excluding hydrogens is 434 g/mol. The first-order valence-corrected chi connectivity index (χ1v) is 12.5. The molecule has 6 heteroatoms. The molecule has 0 aliphatic heterocycles. The number of nitrogens with zero attached hydrogens (tertiary/aromatic N) is 3. The van der Waals surface area contributed by atoms with Crippen molar-refractivity contribution < 1.29 is 5.11 Å². The van der Waals surface area contributed by atoms with E-state index in [1.807, 2.05) is 41.9 Å². The summed E-state index contributed by atoms with van der Waals surface area (Å²) in [6, 6.07) is 18.1. The number of aromatic hydroxyl groups is 1. The fourth-order valence-corrected chi connectivity index (χ4v) is 5.06. The van der Waals surface area contributed by atoms with Crippen LogP contribution in [0.3, 0.4) is 0 Å². The summed E-state index contributed by atoms with van der Waals surface area (Å²) in [6.07, 6.45) is 9.49. The summed E-state index contributed by atoms with van der Waals surface area (Å²) in [6.45, 7) is 4.37. The van der Waals surface area contributed by atoms with Gasteiger partial charge in [-0.25, -0.2) is 9.51 Å². The molecule has 0 radical (unpaired) electrons. The molecule has 180 valence electrons. The van der Waals surface area contributed by atoms with Gasteiger partial charge in [0.1, 0.15) is 11.6 Å². The number of rotatable bonds is 6. The highest BCUT2D eigenvalue weighted by Crippen LogP contribution is 2.33. The van der Waals surface area contributed by atoms with E-state index in [1.54, 1.807) is 12.1 Å². The fourth-order valence-electron chi connectivity index (χ4n) is 5.06. The molecule has 0 amide bonds. The minimum atomic E-state index is 0.234. The summed E-state index contributed by atoms with van der Waals surface area (Å²) < 4.78 is 1.92. The molecule has 6 nitrogen and oxygen atoms in total. The zero-order valence-electron chi connectivity index (χ0n) is 20.4. The highest BCUT2D eigenvalue weighted by atomic mass is 16.3. The number of amidine groups is 1. The lowest BCUT2D eigenvalue weighted by Crippen LogP contribution is -2.32. The molecule has 2 atom stereocenters. The molecule has 0 bridgehead atoms. The van der Waals surface area contributed by atoms with Gasteiger partial charge < -0.3 is 16.2 Å². The molecule has 4 aromatic rings. The number of fused-ring (bicyclic) bond motifs is 1. The summed E-state index contributed by atoms with van der Waals surface area (Å²) >= 11 is 0. The fraction of sp³-hybridized carbons (Fsp3) is 0.310. The quantitative estimate of drug-likeness (QED) is 0.229. The number of aryl methyl sites for hydroxylation is 1. The van der Waals surface area contributed by atoms with Crippen LogP contribution in [0.1, 0.15) is 50.7 Å². The van der Waals surface area contributed by atoms with Crippen LogP contribution in [-0.4, -0.2) is 26.6 Å². The number of nitrogens with one attached hydrogen (secondary N) is 1. The molecular formula is C29H33N5O. The molecule has 5 rings (SSSR count). The molecule has 0 saturated heterocycles. The van der Waals surface area contributed by atoms with E-state index in [9.17, 15) is 5.11 Å². The topological polar surface area (TPSA) is 87.9 Å². The Morgan fingerprint density at radius 3 is 2.69 bits per heavy atom. The van der Waals surface area contributed by atoms with E-state index in [0.29, 0.717) is 17.8 Å². The van der Waals surface area contributed by atoms with Gasteiger partial charge in [0, 0.05) is 17.8 Å². The predicted octanol–water partition coefficient (Wildman–Crippen LogP) is 6.30. The Balaban J connectivity index is 1.63. The van der Waals surface area contributed by atoms with Crippen molar-refractivity contribution in [1.29, 1.82) is 0 Å². The summed E-state index contributed by atoms with van der Waals surface area (Å²) in [5.41, 5.74) is 13.4. The zero-order chi connectivity index (χ0) is 24.4.